The molecule has 5 nitrogen and oxygen atoms in total. The molecule has 5 aromatic rings. The fraction of sp³-hybridized carbons (Fsp3) is 0.179. The van der Waals surface area contributed by atoms with Gasteiger partial charge in [-0.1, -0.05) is 85.2 Å². The summed E-state index contributed by atoms with van der Waals surface area (Å²) >= 11 is 3.46. The Bertz CT molecular complexity index is 1590. The maximum atomic E-state index is 13.5. The van der Waals surface area contributed by atoms with E-state index < -0.39 is 0 Å². The van der Waals surface area contributed by atoms with Crippen molar-refractivity contribution in [2.45, 2.75) is 32.7 Å². The SMILES string of the molecule is CC(C)(C)c1nc2ccc(Br)cc2c(=O)n1N=Cc1cn(Cc2ccccc2)c2ccccc12. The van der Waals surface area contributed by atoms with Crippen molar-refractivity contribution in [3.05, 3.63) is 111 Å². The first-order chi connectivity index (χ1) is 16.3. The van der Waals surface area contributed by atoms with Crippen LogP contribution in [0.15, 0.2) is 93.4 Å². The molecule has 0 saturated heterocycles. The van der Waals surface area contributed by atoms with Gasteiger partial charge in [0.25, 0.3) is 5.56 Å². The molecule has 6 heteroatoms. The Balaban J connectivity index is 1.65. The third-order valence-electron chi connectivity index (χ3n) is 5.81. The number of para-hydroxylation sites is 1. The van der Waals surface area contributed by atoms with Crippen LogP contribution in [0, 0.1) is 0 Å². The normalized spacial score (nSPS) is 12.2. The zero-order valence-electron chi connectivity index (χ0n) is 19.4. The number of rotatable bonds is 4. The van der Waals surface area contributed by atoms with E-state index in [4.69, 9.17) is 4.98 Å². The van der Waals surface area contributed by atoms with Crippen LogP contribution in [0.25, 0.3) is 21.8 Å². The number of fused-ring (bicyclic) bond motifs is 2. The second-order valence-corrected chi connectivity index (χ2v) is 10.3. The van der Waals surface area contributed by atoms with E-state index in [1.54, 1.807) is 12.3 Å². The first-order valence-corrected chi connectivity index (χ1v) is 12.0. The van der Waals surface area contributed by atoms with Gasteiger partial charge in [0.05, 0.1) is 17.1 Å². The first kappa shape index (κ1) is 22.3. The van der Waals surface area contributed by atoms with Gasteiger partial charge in [-0.15, -0.1) is 0 Å². The highest BCUT2D eigenvalue weighted by Gasteiger charge is 2.23. The van der Waals surface area contributed by atoms with E-state index >= 15 is 0 Å². The summed E-state index contributed by atoms with van der Waals surface area (Å²) in [5.74, 6) is 0.622. The third-order valence-corrected chi connectivity index (χ3v) is 6.30. The van der Waals surface area contributed by atoms with E-state index in [1.165, 1.54) is 10.2 Å². The van der Waals surface area contributed by atoms with Crippen molar-refractivity contribution < 1.29 is 0 Å². The molecule has 2 heterocycles. The zero-order valence-corrected chi connectivity index (χ0v) is 21.0. The lowest BCUT2D eigenvalue weighted by Crippen LogP contribution is -2.29. The number of nitrogens with zero attached hydrogens (tertiary/aromatic N) is 4. The molecule has 0 amide bonds. The molecule has 2 aromatic heterocycles. The van der Waals surface area contributed by atoms with Crippen LogP contribution in [0.1, 0.15) is 37.7 Å². The molecule has 3 aromatic carbocycles. The lowest BCUT2D eigenvalue weighted by atomic mass is 9.95. The quantitative estimate of drug-likeness (QED) is 0.263. The van der Waals surface area contributed by atoms with Crippen LogP contribution in [0.3, 0.4) is 0 Å². The minimum atomic E-state index is -0.362. The topological polar surface area (TPSA) is 52.2 Å². The molecule has 0 spiro atoms. The molecule has 5 rings (SSSR count). The van der Waals surface area contributed by atoms with Gasteiger partial charge in [0.1, 0.15) is 5.82 Å². The van der Waals surface area contributed by atoms with Crippen LogP contribution in [-0.4, -0.2) is 20.4 Å². The summed E-state index contributed by atoms with van der Waals surface area (Å²) in [4.78, 5) is 18.3. The standard InChI is InChI=1S/C28H25BrN4O/c1-28(2,3)27-31-24-14-13-21(29)15-23(24)26(34)33(27)30-16-20-18-32(17-19-9-5-4-6-10-19)25-12-8-7-11-22(20)25/h4-16,18H,17H2,1-3H3. The Kier molecular flexibility index (Phi) is 5.70. The zero-order chi connectivity index (χ0) is 23.9. The number of hydrogen-bond donors (Lipinski definition) is 0. The predicted octanol–water partition coefficient (Wildman–Crippen LogP) is 6.34. The molecule has 34 heavy (non-hydrogen) atoms. The molecular formula is C28H25BrN4O. The molecule has 0 saturated carbocycles. The summed E-state index contributed by atoms with van der Waals surface area (Å²) in [5.41, 5.74) is 3.43. The number of benzene rings is 3. The average Bonchev–Trinajstić information content (AvgIpc) is 3.16. The summed E-state index contributed by atoms with van der Waals surface area (Å²) in [6.07, 6.45) is 3.86. The minimum Gasteiger partial charge on any atom is -0.342 e. The highest BCUT2D eigenvalue weighted by molar-refractivity contribution is 9.10. The van der Waals surface area contributed by atoms with Gasteiger partial charge in [-0.05, 0) is 29.8 Å². The lowest BCUT2D eigenvalue weighted by Gasteiger charge is -2.20. The van der Waals surface area contributed by atoms with E-state index in [9.17, 15) is 4.79 Å². The highest BCUT2D eigenvalue weighted by Crippen LogP contribution is 2.24. The second-order valence-electron chi connectivity index (χ2n) is 9.42. The monoisotopic (exact) mass is 512 g/mol. The summed E-state index contributed by atoms with van der Waals surface area (Å²) in [5, 5.41) is 6.30. The van der Waals surface area contributed by atoms with Gasteiger partial charge in [-0.25, -0.2) is 4.98 Å². The Hall–Kier alpha value is -3.51. The summed E-state index contributed by atoms with van der Waals surface area (Å²) in [6.45, 7) is 6.87. The molecule has 0 N–H and O–H groups in total. The van der Waals surface area contributed by atoms with Crippen molar-refractivity contribution in [3.63, 3.8) is 0 Å². The Labute approximate surface area is 206 Å². The molecule has 0 unspecified atom stereocenters. The number of halogens is 1. The maximum absolute atomic E-state index is 13.5. The molecule has 0 aliphatic rings. The maximum Gasteiger partial charge on any atom is 0.282 e. The Morgan fingerprint density at radius 2 is 1.71 bits per heavy atom. The molecule has 0 atom stereocenters. The van der Waals surface area contributed by atoms with Crippen molar-refractivity contribution in [1.29, 1.82) is 0 Å². The van der Waals surface area contributed by atoms with Crippen molar-refractivity contribution in [2.75, 3.05) is 0 Å². The van der Waals surface area contributed by atoms with Gasteiger partial charge in [0.15, 0.2) is 0 Å². The molecular weight excluding hydrogens is 488 g/mol. The Morgan fingerprint density at radius 1 is 0.971 bits per heavy atom. The van der Waals surface area contributed by atoms with E-state index in [-0.39, 0.29) is 11.0 Å². The van der Waals surface area contributed by atoms with E-state index in [0.29, 0.717) is 16.7 Å². The molecule has 0 radical (unpaired) electrons. The summed E-state index contributed by atoms with van der Waals surface area (Å²) < 4.78 is 4.50. The molecule has 0 bridgehead atoms. The van der Waals surface area contributed by atoms with Crippen LogP contribution >= 0.6 is 15.9 Å². The van der Waals surface area contributed by atoms with Gasteiger partial charge in [-0.3, -0.25) is 4.79 Å². The highest BCUT2D eigenvalue weighted by atomic mass is 79.9. The van der Waals surface area contributed by atoms with Crippen LogP contribution in [0.4, 0.5) is 0 Å². The second kappa shape index (κ2) is 8.69. The van der Waals surface area contributed by atoms with Crippen molar-refractivity contribution >= 4 is 44.0 Å². The lowest BCUT2D eigenvalue weighted by molar-refractivity contribution is 0.506. The van der Waals surface area contributed by atoms with Gasteiger partial charge in [0.2, 0.25) is 0 Å². The number of hydrogen-bond acceptors (Lipinski definition) is 3. The van der Waals surface area contributed by atoms with E-state index in [0.717, 1.165) is 27.5 Å². The van der Waals surface area contributed by atoms with Gasteiger partial charge >= 0.3 is 0 Å². The number of aromatic nitrogens is 3. The van der Waals surface area contributed by atoms with Crippen LogP contribution in [-0.2, 0) is 12.0 Å². The largest absolute Gasteiger partial charge is 0.342 e. The first-order valence-electron chi connectivity index (χ1n) is 11.2. The van der Waals surface area contributed by atoms with E-state index in [2.05, 4.69) is 68.2 Å². The fourth-order valence-electron chi connectivity index (χ4n) is 4.15. The van der Waals surface area contributed by atoms with Gasteiger partial charge < -0.3 is 4.57 Å². The molecule has 0 fully saturated rings. The van der Waals surface area contributed by atoms with Crippen molar-refractivity contribution in [1.82, 2.24) is 14.2 Å². The molecule has 0 aliphatic heterocycles. The van der Waals surface area contributed by atoms with Crippen molar-refractivity contribution in [3.8, 4) is 0 Å². The van der Waals surface area contributed by atoms with Crippen LogP contribution in [0.5, 0.6) is 0 Å². The smallest absolute Gasteiger partial charge is 0.282 e. The van der Waals surface area contributed by atoms with Gasteiger partial charge in [-0.2, -0.15) is 9.78 Å². The van der Waals surface area contributed by atoms with Crippen molar-refractivity contribution in [2.24, 2.45) is 5.10 Å². The summed E-state index contributed by atoms with van der Waals surface area (Å²) in [7, 11) is 0. The molecule has 170 valence electrons. The average molecular weight is 513 g/mol. The van der Waals surface area contributed by atoms with Crippen LogP contribution in [0.2, 0.25) is 0 Å². The minimum absolute atomic E-state index is 0.180. The predicted molar refractivity (Wildman–Crippen MR) is 143 cm³/mol. The van der Waals surface area contributed by atoms with Gasteiger partial charge in [0, 0.05) is 39.1 Å². The third kappa shape index (κ3) is 4.21. The molecule has 0 aliphatic carbocycles. The fourth-order valence-corrected chi connectivity index (χ4v) is 4.51. The van der Waals surface area contributed by atoms with Crippen LogP contribution < -0.4 is 5.56 Å². The summed E-state index contributed by atoms with van der Waals surface area (Å²) in [6, 6.07) is 24.2. The Morgan fingerprint density at radius 3 is 2.47 bits per heavy atom. The van der Waals surface area contributed by atoms with E-state index in [1.807, 2.05) is 51.1 Å².